The predicted molar refractivity (Wildman–Crippen MR) is 51.8 cm³/mol. The molecule has 0 heterocycles. The summed E-state index contributed by atoms with van der Waals surface area (Å²) in [5.41, 5.74) is 5.97. The third-order valence-electron chi connectivity index (χ3n) is 2.16. The van der Waals surface area contributed by atoms with E-state index in [2.05, 4.69) is 0 Å². The quantitative estimate of drug-likeness (QED) is 0.707. The Balaban J connectivity index is 2.79. The van der Waals surface area contributed by atoms with Crippen molar-refractivity contribution in [3.05, 3.63) is 47.8 Å². The fourth-order valence-electron chi connectivity index (χ4n) is 1.44. The molecular weight excluding hydrogens is 165 g/mol. The highest BCUT2D eigenvalue weighted by molar-refractivity contribution is 5.83. The van der Waals surface area contributed by atoms with Crippen LogP contribution in [0.3, 0.4) is 0 Å². The van der Waals surface area contributed by atoms with E-state index in [0.717, 1.165) is 5.39 Å². The molecule has 2 N–H and O–H groups in total. The number of hydrogen-bond donors (Lipinski definition) is 1. The number of halogens is 1. The molecule has 0 spiro atoms. The summed E-state index contributed by atoms with van der Waals surface area (Å²) < 4.78 is 13.6. The van der Waals surface area contributed by atoms with E-state index in [0.29, 0.717) is 10.9 Å². The summed E-state index contributed by atoms with van der Waals surface area (Å²) in [6, 6.07) is 11.0. The van der Waals surface area contributed by atoms with Gasteiger partial charge in [-0.2, -0.15) is 0 Å². The van der Waals surface area contributed by atoms with Crippen LogP contribution in [0.25, 0.3) is 10.8 Å². The van der Waals surface area contributed by atoms with Gasteiger partial charge >= 0.3 is 0 Å². The van der Waals surface area contributed by atoms with Gasteiger partial charge in [-0.05, 0) is 5.39 Å². The van der Waals surface area contributed by atoms with Gasteiger partial charge in [0.25, 0.3) is 0 Å². The fraction of sp³-hybridized carbons (Fsp3) is 0.0909. The SMILES string of the molecule is NCc1ccc2ccccc2c1F. The molecule has 0 saturated carbocycles. The van der Waals surface area contributed by atoms with E-state index in [1.807, 2.05) is 24.3 Å². The summed E-state index contributed by atoms with van der Waals surface area (Å²) in [4.78, 5) is 0. The summed E-state index contributed by atoms with van der Waals surface area (Å²) in [6.45, 7) is 0.247. The Hall–Kier alpha value is -1.41. The smallest absolute Gasteiger partial charge is 0.135 e. The van der Waals surface area contributed by atoms with Crippen LogP contribution in [-0.2, 0) is 6.54 Å². The number of benzene rings is 2. The molecule has 0 saturated heterocycles. The maximum absolute atomic E-state index is 13.6. The lowest BCUT2D eigenvalue weighted by atomic mass is 10.1. The molecule has 0 aliphatic heterocycles. The van der Waals surface area contributed by atoms with Crippen molar-refractivity contribution < 1.29 is 4.39 Å². The summed E-state index contributed by atoms with van der Waals surface area (Å²) in [5.74, 6) is -0.194. The third kappa shape index (κ3) is 1.29. The van der Waals surface area contributed by atoms with Gasteiger partial charge in [0.1, 0.15) is 5.82 Å². The zero-order chi connectivity index (χ0) is 9.26. The van der Waals surface area contributed by atoms with Crippen LogP contribution < -0.4 is 5.73 Å². The normalized spacial score (nSPS) is 10.6. The second kappa shape index (κ2) is 3.15. The van der Waals surface area contributed by atoms with Gasteiger partial charge in [0, 0.05) is 17.5 Å². The minimum absolute atomic E-state index is 0.194. The van der Waals surface area contributed by atoms with E-state index in [1.165, 1.54) is 0 Å². The number of hydrogen-bond acceptors (Lipinski definition) is 1. The number of fused-ring (bicyclic) bond motifs is 1. The summed E-state index contributed by atoms with van der Waals surface area (Å²) in [6.07, 6.45) is 0. The molecule has 66 valence electrons. The van der Waals surface area contributed by atoms with E-state index in [-0.39, 0.29) is 12.4 Å². The highest BCUT2D eigenvalue weighted by Gasteiger charge is 2.04. The first kappa shape index (κ1) is 8.20. The van der Waals surface area contributed by atoms with Crippen LogP contribution in [-0.4, -0.2) is 0 Å². The Bertz CT molecular complexity index is 437. The predicted octanol–water partition coefficient (Wildman–Crippen LogP) is 2.44. The van der Waals surface area contributed by atoms with Crippen LogP contribution in [0.4, 0.5) is 4.39 Å². The van der Waals surface area contributed by atoms with Gasteiger partial charge in [-0.1, -0.05) is 36.4 Å². The van der Waals surface area contributed by atoms with Crippen molar-refractivity contribution in [3.8, 4) is 0 Å². The van der Waals surface area contributed by atoms with Crippen LogP contribution in [0.2, 0.25) is 0 Å². The Morgan fingerprint density at radius 1 is 1.08 bits per heavy atom. The van der Waals surface area contributed by atoms with Crippen molar-refractivity contribution in [3.63, 3.8) is 0 Å². The van der Waals surface area contributed by atoms with Crippen molar-refractivity contribution in [1.82, 2.24) is 0 Å². The van der Waals surface area contributed by atoms with Crippen molar-refractivity contribution in [2.45, 2.75) is 6.54 Å². The van der Waals surface area contributed by atoms with Crippen LogP contribution in [0, 0.1) is 5.82 Å². The van der Waals surface area contributed by atoms with Gasteiger partial charge in [-0.3, -0.25) is 0 Å². The van der Waals surface area contributed by atoms with E-state index in [9.17, 15) is 4.39 Å². The largest absolute Gasteiger partial charge is 0.326 e. The molecule has 13 heavy (non-hydrogen) atoms. The van der Waals surface area contributed by atoms with E-state index >= 15 is 0 Å². The fourth-order valence-corrected chi connectivity index (χ4v) is 1.44. The van der Waals surface area contributed by atoms with Gasteiger partial charge in [0.05, 0.1) is 0 Å². The molecule has 0 aliphatic rings. The molecule has 2 aromatic carbocycles. The molecule has 0 aliphatic carbocycles. The summed E-state index contributed by atoms with van der Waals surface area (Å²) in [7, 11) is 0. The third-order valence-corrected chi connectivity index (χ3v) is 2.16. The molecule has 0 fully saturated rings. The van der Waals surface area contributed by atoms with Gasteiger partial charge in [-0.15, -0.1) is 0 Å². The molecule has 0 unspecified atom stereocenters. The molecule has 2 heteroatoms. The van der Waals surface area contributed by atoms with Crippen molar-refractivity contribution in [1.29, 1.82) is 0 Å². The maximum atomic E-state index is 13.6. The molecule has 0 atom stereocenters. The van der Waals surface area contributed by atoms with Crippen molar-refractivity contribution in [2.24, 2.45) is 5.73 Å². The standard InChI is InChI=1S/C11H10FN/c12-11-9(7-13)6-5-8-3-1-2-4-10(8)11/h1-6H,7,13H2. The molecular formula is C11H10FN. The molecule has 0 bridgehead atoms. The van der Waals surface area contributed by atoms with E-state index < -0.39 is 0 Å². The first-order valence-electron chi connectivity index (χ1n) is 4.19. The van der Waals surface area contributed by atoms with Crippen molar-refractivity contribution >= 4 is 10.8 Å². The molecule has 0 radical (unpaired) electrons. The first-order valence-corrected chi connectivity index (χ1v) is 4.19. The molecule has 0 aromatic heterocycles. The van der Waals surface area contributed by atoms with E-state index in [1.54, 1.807) is 12.1 Å². The van der Waals surface area contributed by atoms with Crippen LogP contribution in [0.1, 0.15) is 5.56 Å². The lowest BCUT2D eigenvalue weighted by Crippen LogP contribution is -1.99. The Morgan fingerprint density at radius 3 is 2.62 bits per heavy atom. The van der Waals surface area contributed by atoms with Gasteiger partial charge in [0.2, 0.25) is 0 Å². The minimum atomic E-state index is -0.194. The highest BCUT2D eigenvalue weighted by atomic mass is 19.1. The average molecular weight is 175 g/mol. The minimum Gasteiger partial charge on any atom is -0.326 e. The maximum Gasteiger partial charge on any atom is 0.135 e. The van der Waals surface area contributed by atoms with Crippen LogP contribution >= 0.6 is 0 Å². The highest BCUT2D eigenvalue weighted by Crippen LogP contribution is 2.20. The summed E-state index contributed by atoms with van der Waals surface area (Å²) >= 11 is 0. The molecule has 0 amide bonds. The summed E-state index contributed by atoms with van der Waals surface area (Å²) in [5, 5.41) is 1.56. The Kier molecular flexibility index (Phi) is 1.99. The van der Waals surface area contributed by atoms with Crippen LogP contribution in [0.15, 0.2) is 36.4 Å². The lowest BCUT2D eigenvalue weighted by Gasteiger charge is -2.03. The van der Waals surface area contributed by atoms with Crippen LogP contribution in [0.5, 0.6) is 0 Å². The van der Waals surface area contributed by atoms with E-state index in [4.69, 9.17) is 5.73 Å². The van der Waals surface area contributed by atoms with Gasteiger partial charge in [-0.25, -0.2) is 4.39 Å². The second-order valence-electron chi connectivity index (χ2n) is 2.96. The van der Waals surface area contributed by atoms with Crippen molar-refractivity contribution in [2.75, 3.05) is 0 Å². The first-order chi connectivity index (χ1) is 6.33. The topological polar surface area (TPSA) is 26.0 Å². The second-order valence-corrected chi connectivity index (χ2v) is 2.96. The monoisotopic (exact) mass is 175 g/mol. The zero-order valence-electron chi connectivity index (χ0n) is 7.13. The lowest BCUT2D eigenvalue weighted by molar-refractivity contribution is 0.623. The molecule has 1 nitrogen and oxygen atoms in total. The Labute approximate surface area is 76.0 Å². The number of nitrogens with two attached hydrogens (primary N) is 1. The van der Waals surface area contributed by atoms with Gasteiger partial charge < -0.3 is 5.73 Å². The molecule has 2 aromatic rings. The zero-order valence-corrected chi connectivity index (χ0v) is 7.13. The number of rotatable bonds is 1. The average Bonchev–Trinajstić information content (AvgIpc) is 2.19. The van der Waals surface area contributed by atoms with Gasteiger partial charge in [0.15, 0.2) is 0 Å². The Morgan fingerprint density at radius 2 is 1.85 bits per heavy atom. The molecule has 2 rings (SSSR count).